The van der Waals surface area contributed by atoms with Crippen molar-refractivity contribution in [2.24, 2.45) is 0 Å². The van der Waals surface area contributed by atoms with E-state index >= 15 is 0 Å². The van der Waals surface area contributed by atoms with E-state index in [9.17, 15) is 4.79 Å². The Labute approximate surface area is 69.5 Å². The van der Waals surface area contributed by atoms with E-state index < -0.39 is 5.97 Å². The Balaban J connectivity index is 2.88. The number of nitrogens with zero attached hydrogens (tertiary/aromatic N) is 2. The average molecular weight is 167 g/mol. The zero-order valence-electron chi connectivity index (χ0n) is 6.61. The van der Waals surface area contributed by atoms with Crippen LogP contribution >= 0.6 is 0 Å². The third kappa shape index (κ3) is 1.91. The van der Waals surface area contributed by atoms with E-state index in [0.717, 1.165) is 0 Å². The lowest BCUT2D eigenvalue weighted by Crippen LogP contribution is -2.04. The van der Waals surface area contributed by atoms with Gasteiger partial charge in [0.2, 0.25) is 0 Å². The summed E-state index contributed by atoms with van der Waals surface area (Å²) in [6.07, 6.45) is 1.22. The number of carboxylic acid groups (broad SMARTS) is 1. The first-order valence-corrected chi connectivity index (χ1v) is 3.53. The van der Waals surface area contributed by atoms with Crippen molar-refractivity contribution in [1.82, 2.24) is 9.97 Å². The summed E-state index contributed by atoms with van der Waals surface area (Å²) in [4.78, 5) is 17.8. The Morgan fingerprint density at radius 2 is 2.42 bits per heavy atom. The van der Waals surface area contributed by atoms with Crippen LogP contribution in [0.25, 0.3) is 0 Å². The van der Waals surface area contributed by atoms with E-state index in [1.54, 1.807) is 0 Å². The van der Waals surface area contributed by atoms with Gasteiger partial charge in [0.1, 0.15) is 12.1 Å². The van der Waals surface area contributed by atoms with Gasteiger partial charge in [-0.25, -0.2) is 14.8 Å². The summed E-state index contributed by atoms with van der Waals surface area (Å²) < 4.78 is 0. The maximum Gasteiger partial charge on any atom is 0.354 e. The molecule has 1 aromatic heterocycles. The molecule has 0 radical (unpaired) electrons. The van der Waals surface area contributed by atoms with Crippen LogP contribution in [0.15, 0.2) is 12.4 Å². The number of carbonyl (C=O) groups is 1. The Hall–Kier alpha value is -1.65. The van der Waals surface area contributed by atoms with Crippen molar-refractivity contribution in [3.05, 3.63) is 18.1 Å². The second-order valence-corrected chi connectivity index (χ2v) is 2.12. The van der Waals surface area contributed by atoms with Crippen LogP contribution in [-0.2, 0) is 0 Å². The number of rotatable bonds is 3. The van der Waals surface area contributed by atoms with Crippen LogP contribution in [0.2, 0.25) is 0 Å². The highest BCUT2D eigenvalue weighted by Crippen LogP contribution is 2.02. The topological polar surface area (TPSA) is 75.1 Å². The standard InChI is InChI=1S/C7H9N3O2/c1-2-8-6-3-5(7(11)12)9-4-10-6/h3-4H,2H2,1H3,(H,11,12)(H,8,9,10). The van der Waals surface area contributed by atoms with Gasteiger partial charge in [0.25, 0.3) is 0 Å². The van der Waals surface area contributed by atoms with Gasteiger partial charge in [0, 0.05) is 12.6 Å². The molecule has 0 aliphatic carbocycles. The molecule has 5 nitrogen and oxygen atoms in total. The van der Waals surface area contributed by atoms with Crippen molar-refractivity contribution in [2.75, 3.05) is 11.9 Å². The van der Waals surface area contributed by atoms with Crippen molar-refractivity contribution in [2.45, 2.75) is 6.92 Å². The maximum atomic E-state index is 10.4. The molecular weight excluding hydrogens is 158 g/mol. The molecule has 1 rings (SSSR count). The second kappa shape index (κ2) is 3.66. The van der Waals surface area contributed by atoms with Crippen LogP contribution < -0.4 is 5.32 Å². The van der Waals surface area contributed by atoms with Crippen LogP contribution in [0, 0.1) is 0 Å². The van der Waals surface area contributed by atoms with Crippen LogP contribution in [0.4, 0.5) is 5.82 Å². The molecule has 2 N–H and O–H groups in total. The zero-order valence-corrected chi connectivity index (χ0v) is 6.61. The molecule has 0 spiro atoms. The monoisotopic (exact) mass is 167 g/mol. The minimum Gasteiger partial charge on any atom is -0.477 e. The minimum absolute atomic E-state index is 0.000880. The highest BCUT2D eigenvalue weighted by atomic mass is 16.4. The zero-order chi connectivity index (χ0) is 8.97. The fraction of sp³-hybridized carbons (Fsp3) is 0.286. The quantitative estimate of drug-likeness (QED) is 0.689. The predicted molar refractivity (Wildman–Crippen MR) is 43.2 cm³/mol. The molecule has 0 aliphatic heterocycles. The number of hydrogen-bond donors (Lipinski definition) is 2. The van der Waals surface area contributed by atoms with Gasteiger partial charge in [0.05, 0.1) is 0 Å². The van der Waals surface area contributed by atoms with Gasteiger partial charge in [-0.2, -0.15) is 0 Å². The molecule has 1 aromatic rings. The van der Waals surface area contributed by atoms with Crippen molar-refractivity contribution < 1.29 is 9.90 Å². The molecule has 1 heterocycles. The average Bonchev–Trinajstić information content (AvgIpc) is 2.05. The Bertz CT molecular complexity index is 288. The van der Waals surface area contributed by atoms with E-state index in [4.69, 9.17) is 5.11 Å². The number of anilines is 1. The maximum absolute atomic E-state index is 10.4. The van der Waals surface area contributed by atoms with E-state index in [-0.39, 0.29) is 5.69 Å². The van der Waals surface area contributed by atoms with Crippen molar-refractivity contribution >= 4 is 11.8 Å². The summed E-state index contributed by atoms with van der Waals surface area (Å²) in [6.45, 7) is 2.61. The van der Waals surface area contributed by atoms with Gasteiger partial charge < -0.3 is 10.4 Å². The molecular formula is C7H9N3O2. The first kappa shape index (κ1) is 8.45. The van der Waals surface area contributed by atoms with Crippen molar-refractivity contribution in [3.63, 3.8) is 0 Å². The van der Waals surface area contributed by atoms with E-state index in [1.165, 1.54) is 12.4 Å². The van der Waals surface area contributed by atoms with Crippen LogP contribution in [0.5, 0.6) is 0 Å². The summed E-state index contributed by atoms with van der Waals surface area (Å²) >= 11 is 0. The lowest BCUT2D eigenvalue weighted by Gasteiger charge is -2.00. The first-order chi connectivity index (χ1) is 5.74. The summed E-state index contributed by atoms with van der Waals surface area (Å²) in [5.41, 5.74) is 0.000880. The lowest BCUT2D eigenvalue weighted by atomic mass is 10.4. The number of carboxylic acids is 1. The van der Waals surface area contributed by atoms with E-state index in [1.807, 2.05) is 6.92 Å². The molecule has 5 heteroatoms. The Morgan fingerprint density at radius 3 is 3.00 bits per heavy atom. The fourth-order valence-electron chi connectivity index (χ4n) is 0.752. The molecule has 0 amide bonds. The van der Waals surface area contributed by atoms with Crippen LogP contribution in [-0.4, -0.2) is 27.6 Å². The molecule has 0 unspecified atom stereocenters. The summed E-state index contributed by atoms with van der Waals surface area (Å²) in [5.74, 6) is -0.513. The number of nitrogens with one attached hydrogen (secondary N) is 1. The number of aromatic carboxylic acids is 1. The van der Waals surface area contributed by atoms with Crippen LogP contribution in [0.1, 0.15) is 17.4 Å². The molecule has 64 valence electrons. The van der Waals surface area contributed by atoms with Crippen LogP contribution in [0.3, 0.4) is 0 Å². The summed E-state index contributed by atoms with van der Waals surface area (Å²) in [5, 5.41) is 11.4. The predicted octanol–water partition coefficient (Wildman–Crippen LogP) is 0.607. The van der Waals surface area contributed by atoms with Crippen molar-refractivity contribution in [3.8, 4) is 0 Å². The molecule has 0 saturated carbocycles. The summed E-state index contributed by atoms with van der Waals surface area (Å²) in [7, 11) is 0. The molecule has 0 atom stereocenters. The van der Waals surface area contributed by atoms with Gasteiger partial charge in [0.15, 0.2) is 5.69 Å². The molecule has 12 heavy (non-hydrogen) atoms. The molecule has 0 aromatic carbocycles. The van der Waals surface area contributed by atoms with Gasteiger partial charge in [-0.15, -0.1) is 0 Å². The minimum atomic E-state index is -1.04. The van der Waals surface area contributed by atoms with Gasteiger partial charge in [-0.05, 0) is 6.92 Å². The SMILES string of the molecule is CCNc1cc(C(=O)O)ncn1. The Morgan fingerprint density at radius 1 is 1.67 bits per heavy atom. The lowest BCUT2D eigenvalue weighted by molar-refractivity contribution is 0.0690. The van der Waals surface area contributed by atoms with E-state index in [2.05, 4.69) is 15.3 Å². The second-order valence-electron chi connectivity index (χ2n) is 2.12. The summed E-state index contributed by atoms with van der Waals surface area (Å²) in [6, 6.07) is 1.39. The molecule has 0 saturated heterocycles. The highest BCUT2D eigenvalue weighted by molar-refractivity contribution is 5.85. The first-order valence-electron chi connectivity index (χ1n) is 3.53. The molecule has 0 aliphatic rings. The van der Waals surface area contributed by atoms with Crippen molar-refractivity contribution in [1.29, 1.82) is 0 Å². The Kier molecular flexibility index (Phi) is 2.57. The molecule has 0 bridgehead atoms. The fourth-order valence-corrected chi connectivity index (χ4v) is 0.752. The van der Waals surface area contributed by atoms with E-state index in [0.29, 0.717) is 12.4 Å². The normalized spacial score (nSPS) is 9.42. The highest BCUT2D eigenvalue weighted by Gasteiger charge is 2.04. The largest absolute Gasteiger partial charge is 0.477 e. The number of aromatic nitrogens is 2. The number of hydrogen-bond acceptors (Lipinski definition) is 4. The molecule has 0 fully saturated rings. The van der Waals surface area contributed by atoms with Gasteiger partial charge in [-0.3, -0.25) is 0 Å². The van der Waals surface area contributed by atoms with Gasteiger partial charge in [-0.1, -0.05) is 0 Å². The van der Waals surface area contributed by atoms with Gasteiger partial charge >= 0.3 is 5.97 Å². The smallest absolute Gasteiger partial charge is 0.354 e. The third-order valence-electron chi connectivity index (χ3n) is 1.24. The third-order valence-corrected chi connectivity index (χ3v) is 1.24.